The monoisotopic (exact) mass is 250 g/mol. The van der Waals surface area contributed by atoms with Crippen LogP contribution in [0.25, 0.3) is 0 Å². The molecule has 0 bridgehead atoms. The number of hydrogen-bond donors (Lipinski definition) is 1. The Labute approximate surface area is 129 Å². The summed E-state index contributed by atoms with van der Waals surface area (Å²) >= 11 is 1.82. The second-order valence-corrected chi connectivity index (χ2v) is 3.53. The molecule has 0 aliphatic carbocycles. The number of aromatic hydroxyl groups is 1. The normalized spacial score (nSPS) is 7.73. The standard InChI is InChI=1S/C6H6O.C6H10S.Ca.2H/c7-6-4-2-1-3-5-6;1-3-5-7-6-4-2;;;/h1-5,7H;3-4H,1-2,5-6H2;;;/q;;+2;2*-1. The van der Waals surface area contributed by atoms with Gasteiger partial charge in [0.25, 0.3) is 0 Å². The van der Waals surface area contributed by atoms with Crippen LogP contribution in [-0.4, -0.2) is 54.4 Å². The molecule has 15 heavy (non-hydrogen) atoms. The van der Waals surface area contributed by atoms with E-state index in [0.29, 0.717) is 5.75 Å². The molecule has 1 aromatic rings. The van der Waals surface area contributed by atoms with Gasteiger partial charge in [-0.1, -0.05) is 30.4 Å². The molecule has 0 aliphatic heterocycles. The van der Waals surface area contributed by atoms with Crippen molar-refractivity contribution in [2.75, 3.05) is 11.5 Å². The van der Waals surface area contributed by atoms with Crippen molar-refractivity contribution >= 4 is 49.5 Å². The molecule has 0 heterocycles. The van der Waals surface area contributed by atoms with E-state index < -0.39 is 0 Å². The number of phenolic OH excluding ortho intramolecular Hbond substituents is 1. The van der Waals surface area contributed by atoms with E-state index in [0.717, 1.165) is 11.5 Å². The molecule has 0 radical (unpaired) electrons. The summed E-state index contributed by atoms with van der Waals surface area (Å²) in [6.07, 6.45) is 3.79. The number of phenols is 1. The van der Waals surface area contributed by atoms with Crippen LogP contribution >= 0.6 is 11.8 Å². The maximum absolute atomic E-state index is 8.63. The first-order valence-electron chi connectivity index (χ1n) is 4.34. The summed E-state index contributed by atoms with van der Waals surface area (Å²) in [5.74, 6) is 2.39. The number of benzene rings is 1. The summed E-state index contributed by atoms with van der Waals surface area (Å²) in [5.41, 5.74) is 0. The van der Waals surface area contributed by atoms with Crippen LogP contribution in [0.4, 0.5) is 0 Å². The largest absolute Gasteiger partial charge is 2.00 e. The van der Waals surface area contributed by atoms with Gasteiger partial charge in [-0.2, -0.15) is 11.8 Å². The van der Waals surface area contributed by atoms with E-state index in [1.165, 1.54) is 0 Å². The summed E-state index contributed by atoms with van der Waals surface area (Å²) < 4.78 is 0. The second kappa shape index (κ2) is 14.1. The topological polar surface area (TPSA) is 20.2 Å². The second-order valence-electron chi connectivity index (χ2n) is 2.45. The van der Waals surface area contributed by atoms with Crippen LogP contribution in [-0.2, 0) is 0 Å². The predicted molar refractivity (Wildman–Crippen MR) is 73.8 cm³/mol. The summed E-state index contributed by atoms with van der Waals surface area (Å²) in [6, 6.07) is 8.71. The van der Waals surface area contributed by atoms with Crippen LogP contribution in [0.1, 0.15) is 2.85 Å². The first-order valence-corrected chi connectivity index (χ1v) is 5.50. The van der Waals surface area contributed by atoms with Gasteiger partial charge >= 0.3 is 37.7 Å². The molecule has 0 spiro atoms. The van der Waals surface area contributed by atoms with Gasteiger partial charge in [-0.25, -0.2) is 0 Å². The fourth-order valence-corrected chi connectivity index (χ4v) is 1.13. The molecular weight excluding hydrogens is 232 g/mol. The smallest absolute Gasteiger partial charge is 1.00 e. The van der Waals surface area contributed by atoms with Crippen molar-refractivity contribution in [2.45, 2.75) is 0 Å². The molecule has 0 saturated heterocycles. The van der Waals surface area contributed by atoms with E-state index in [1.54, 1.807) is 24.3 Å². The van der Waals surface area contributed by atoms with E-state index in [9.17, 15) is 0 Å². The quantitative estimate of drug-likeness (QED) is 0.502. The SMILES string of the molecule is C=CCSCC=C.Oc1ccccc1.[Ca+2].[H-].[H-]. The van der Waals surface area contributed by atoms with Crippen LogP contribution in [0, 0.1) is 0 Å². The predicted octanol–water partition coefficient (Wildman–Crippen LogP) is 3.33. The Morgan fingerprint density at radius 1 is 1.13 bits per heavy atom. The first kappa shape index (κ1) is 17.5. The van der Waals surface area contributed by atoms with Gasteiger partial charge in [-0.3, -0.25) is 0 Å². The average molecular weight is 250 g/mol. The molecule has 1 N–H and O–H groups in total. The van der Waals surface area contributed by atoms with Crippen LogP contribution in [0.15, 0.2) is 55.6 Å². The zero-order chi connectivity index (χ0) is 10.6. The van der Waals surface area contributed by atoms with Crippen molar-refractivity contribution in [1.29, 1.82) is 0 Å². The molecule has 80 valence electrons. The first-order chi connectivity index (χ1) is 6.81. The molecular formula is C12H18CaOS. The molecule has 0 unspecified atom stereocenters. The fourth-order valence-electron chi connectivity index (χ4n) is 0.663. The van der Waals surface area contributed by atoms with Crippen molar-refractivity contribution in [1.82, 2.24) is 0 Å². The maximum atomic E-state index is 8.63. The zero-order valence-corrected chi connectivity index (χ0v) is 12.0. The average Bonchev–Trinajstić information content (AvgIpc) is 2.21. The van der Waals surface area contributed by atoms with Crippen LogP contribution in [0.2, 0.25) is 0 Å². The van der Waals surface area contributed by atoms with E-state index in [-0.39, 0.29) is 40.6 Å². The molecule has 0 fully saturated rings. The molecule has 0 atom stereocenters. The van der Waals surface area contributed by atoms with E-state index in [2.05, 4.69) is 13.2 Å². The van der Waals surface area contributed by atoms with Gasteiger partial charge in [-0.05, 0) is 12.1 Å². The molecule has 1 nitrogen and oxygen atoms in total. The van der Waals surface area contributed by atoms with Gasteiger partial charge in [0.1, 0.15) is 5.75 Å². The third-order valence-electron chi connectivity index (χ3n) is 1.23. The molecule has 1 rings (SSSR count). The van der Waals surface area contributed by atoms with Crippen molar-refractivity contribution in [3.63, 3.8) is 0 Å². The van der Waals surface area contributed by atoms with E-state index >= 15 is 0 Å². The Kier molecular flexibility index (Phi) is 16.5. The Balaban J connectivity index is -0.0000000845. The zero-order valence-electron chi connectivity index (χ0n) is 10.9. The molecule has 3 heteroatoms. The third kappa shape index (κ3) is 14.1. The summed E-state index contributed by atoms with van der Waals surface area (Å²) in [7, 11) is 0. The molecule has 0 amide bonds. The van der Waals surface area contributed by atoms with Gasteiger partial charge in [0.2, 0.25) is 0 Å². The van der Waals surface area contributed by atoms with Crippen LogP contribution < -0.4 is 0 Å². The Morgan fingerprint density at radius 2 is 1.60 bits per heavy atom. The van der Waals surface area contributed by atoms with Crippen LogP contribution in [0.3, 0.4) is 0 Å². The van der Waals surface area contributed by atoms with Gasteiger partial charge in [0.05, 0.1) is 0 Å². The maximum Gasteiger partial charge on any atom is 2.00 e. The third-order valence-corrected chi connectivity index (χ3v) is 2.17. The minimum Gasteiger partial charge on any atom is -1.00 e. The summed E-state index contributed by atoms with van der Waals surface area (Å²) in [5, 5.41) is 8.63. The van der Waals surface area contributed by atoms with E-state index in [1.807, 2.05) is 30.0 Å². The number of hydrogen-bond acceptors (Lipinski definition) is 2. The molecule has 0 saturated carbocycles. The van der Waals surface area contributed by atoms with E-state index in [4.69, 9.17) is 5.11 Å². The number of thioether (sulfide) groups is 1. The Hall–Kier alpha value is 0.110. The fraction of sp³-hybridized carbons (Fsp3) is 0.167. The summed E-state index contributed by atoms with van der Waals surface area (Å²) in [6.45, 7) is 7.15. The molecule has 1 aromatic carbocycles. The summed E-state index contributed by atoms with van der Waals surface area (Å²) in [4.78, 5) is 0. The van der Waals surface area contributed by atoms with Crippen molar-refractivity contribution < 1.29 is 7.96 Å². The van der Waals surface area contributed by atoms with Crippen LogP contribution in [0.5, 0.6) is 5.75 Å². The van der Waals surface area contributed by atoms with Crippen molar-refractivity contribution in [3.05, 3.63) is 55.6 Å². The Morgan fingerprint density at radius 3 is 1.87 bits per heavy atom. The number of para-hydroxylation sites is 1. The molecule has 0 aromatic heterocycles. The van der Waals surface area contributed by atoms with Gasteiger partial charge in [0, 0.05) is 11.5 Å². The minimum atomic E-state index is 0. The van der Waals surface area contributed by atoms with Crippen molar-refractivity contribution in [3.8, 4) is 5.75 Å². The minimum absolute atomic E-state index is 0. The number of rotatable bonds is 4. The van der Waals surface area contributed by atoms with Gasteiger partial charge in [-0.15, -0.1) is 13.2 Å². The van der Waals surface area contributed by atoms with Gasteiger partial charge < -0.3 is 7.96 Å². The van der Waals surface area contributed by atoms with Crippen molar-refractivity contribution in [2.24, 2.45) is 0 Å². The Bertz CT molecular complexity index is 250. The molecule has 0 aliphatic rings. The van der Waals surface area contributed by atoms with Gasteiger partial charge in [0.15, 0.2) is 0 Å².